The molecule has 0 spiro atoms. The Bertz CT molecular complexity index is 122. The second kappa shape index (κ2) is 5.55. The van der Waals surface area contributed by atoms with Crippen LogP contribution in [0.3, 0.4) is 0 Å². The van der Waals surface area contributed by atoms with Crippen molar-refractivity contribution in [1.29, 1.82) is 0 Å². The van der Waals surface area contributed by atoms with E-state index in [1.54, 1.807) is 20.8 Å². The zero-order valence-electron chi connectivity index (χ0n) is 6.93. The van der Waals surface area contributed by atoms with Crippen molar-refractivity contribution in [2.24, 2.45) is 0 Å². The molecule has 0 aliphatic carbocycles. The number of hydrogen-bond acceptors (Lipinski definition) is 3. The maximum absolute atomic E-state index is 10.6. The monoisotopic (exact) mass is 329 g/mol. The predicted octanol–water partition coefficient (Wildman–Crippen LogP) is 0.805. The first-order valence-corrected chi connectivity index (χ1v) is 2.97. The normalized spacial score (nSPS) is 9.82. The predicted molar refractivity (Wildman–Crippen MR) is 37.9 cm³/mol. The number of amides is 1. The molecule has 11 heavy (non-hydrogen) atoms. The van der Waals surface area contributed by atoms with Gasteiger partial charge < -0.3 is 10.2 Å². The number of hydrogen-bond donors (Lipinski definition) is 2. The van der Waals surface area contributed by atoms with Gasteiger partial charge in [-0.25, -0.2) is 4.79 Å². The fourth-order valence-corrected chi connectivity index (χ4v) is 0.376. The molecule has 0 saturated heterocycles. The summed E-state index contributed by atoms with van der Waals surface area (Å²) in [6.45, 7) is 5.36. The Morgan fingerprint density at radius 3 is 2.18 bits per heavy atom. The quantitative estimate of drug-likeness (QED) is 0.553. The van der Waals surface area contributed by atoms with E-state index in [-0.39, 0.29) is 21.1 Å². The van der Waals surface area contributed by atoms with Gasteiger partial charge in [0.2, 0.25) is 0 Å². The minimum atomic E-state index is -0.525. The maximum atomic E-state index is 10.6. The van der Waals surface area contributed by atoms with Crippen molar-refractivity contribution >= 4 is 6.09 Å². The van der Waals surface area contributed by atoms with Gasteiger partial charge in [0.05, 0.1) is 0 Å². The van der Waals surface area contributed by atoms with Crippen LogP contribution in [0, 0.1) is 7.05 Å². The number of carbonyl (C=O) groups is 1. The summed E-state index contributed by atoms with van der Waals surface area (Å²) in [5.41, 5.74) is 3.94. The molecule has 66 valence electrons. The molecule has 0 bridgehead atoms. The molecule has 0 saturated carbocycles. The Labute approximate surface area is 81.3 Å². The van der Waals surface area contributed by atoms with Gasteiger partial charge in [-0.3, -0.25) is 12.5 Å². The van der Waals surface area contributed by atoms with Gasteiger partial charge in [-0.05, 0) is 20.8 Å². The van der Waals surface area contributed by atoms with Crippen LogP contribution in [0.2, 0.25) is 0 Å². The molecular formula is C6H13N2O2W-. The van der Waals surface area contributed by atoms with E-state index in [4.69, 9.17) is 4.74 Å². The first-order valence-electron chi connectivity index (χ1n) is 2.97. The van der Waals surface area contributed by atoms with Gasteiger partial charge >= 0.3 is 6.09 Å². The molecule has 1 amide bonds. The fraction of sp³-hybridized carbons (Fsp3) is 0.667. The van der Waals surface area contributed by atoms with Crippen LogP contribution in [0.4, 0.5) is 4.79 Å². The van der Waals surface area contributed by atoms with Crippen molar-refractivity contribution in [1.82, 2.24) is 10.9 Å². The van der Waals surface area contributed by atoms with Gasteiger partial charge in [-0.2, -0.15) is 0 Å². The van der Waals surface area contributed by atoms with Crippen LogP contribution >= 0.6 is 0 Å². The topological polar surface area (TPSA) is 50.4 Å². The van der Waals surface area contributed by atoms with Crippen molar-refractivity contribution in [2.45, 2.75) is 26.4 Å². The molecule has 0 heterocycles. The molecule has 0 aliphatic heterocycles. The molecule has 0 aliphatic rings. The maximum Gasteiger partial charge on any atom is 0.419 e. The van der Waals surface area contributed by atoms with Crippen LogP contribution in [-0.4, -0.2) is 11.7 Å². The van der Waals surface area contributed by atoms with Crippen molar-refractivity contribution in [3.8, 4) is 0 Å². The van der Waals surface area contributed by atoms with E-state index in [0.29, 0.717) is 0 Å². The Morgan fingerprint density at radius 2 is 1.91 bits per heavy atom. The molecule has 4 nitrogen and oxygen atoms in total. The minimum Gasteiger partial charge on any atom is -0.443 e. The number of nitrogens with one attached hydrogen (secondary N) is 2. The fourth-order valence-electron chi connectivity index (χ4n) is 0.376. The number of carbonyl (C=O) groups excluding carboxylic acids is 1. The molecule has 0 rings (SSSR count). The van der Waals surface area contributed by atoms with Crippen molar-refractivity contribution < 1.29 is 30.6 Å². The molecule has 0 atom stereocenters. The van der Waals surface area contributed by atoms with E-state index in [1.165, 1.54) is 0 Å². The van der Waals surface area contributed by atoms with Crippen LogP contribution in [0.25, 0.3) is 0 Å². The van der Waals surface area contributed by atoms with Crippen LogP contribution in [0.5, 0.6) is 0 Å². The third-order valence-electron chi connectivity index (χ3n) is 0.589. The molecule has 0 aromatic carbocycles. The summed E-state index contributed by atoms with van der Waals surface area (Å²) in [5, 5.41) is 0. The van der Waals surface area contributed by atoms with E-state index in [2.05, 4.69) is 17.9 Å². The third-order valence-corrected chi connectivity index (χ3v) is 0.589. The zero-order chi connectivity index (χ0) is 8.20. The van der Waals surface area contributed by atoms with Crippen molar-refractivity contribution in [3.05, 3.63) is 7.05 Å². The SMILES string of the molecule is [CH2-]NNC(=O)OC(C)(C)C.[W]. The first-order chi connectivity index (χ1) is 4.45. The number of ether oxygens (including phenoxy) is 1. The third kappa shape index (κ3) is 9.92. The Morgan fingerprint density at radius 1 is 1.45 bits per heavy atom. The smallest absolute Gasteiger partial charge is 0.419 e. The Kier molecular flexibility index (Phi) is 6.82. The molecule has 5 heteroatoms. The van der Waals surface area contributed by atoms with Crippen LogP contribution in [-0.2, 0) is 25.8 Å². The van der Waals surface area contributed by atoms with E-state index >= 15 is 0 Å². The summed E-state index contributed by atoms with van der Waals surface area (Å²) in [4.78, 5) is 10.6. The molecule has 2 N–H and O–H groups in total. The van der Waals surface area contributed by atoms with Crippen molar-refractivity contribution in [3.63, 3.8) is 0 Å². The summed E-state index contributed by atoms with van der Waals surface area (Å²) in [6, 6.07) is 0. The molecular weight excluding hydrogens is 316 g/mol. The summed E-state index contributed by atoms with van der Waals surface area (Å²) < 4.78 is 4.83. The minimum absolute atomic E-state index is 0. The van der Waals surface area contributed by atoms with E-state index in [1.807, 2.05) is 0 Å². The second-order valence-corrected chi connectivity index (χ2v) is 2.80. The van der Waals surface area contributed by atoms with Gasteiger partial charge in [0.1, 0.15) is 5.60 Å². The summed E-state index contributed by atoms with van der Waals surface area (Å²) >= 11 is 0. The number of rotatable bonds is 1. The first kappa shape index (κ1) is 13.5. The van der Waals surface area contributed by atoms with E-state index in [9.17, 15) is 4.79 Å². The Hall–Kier alpha value is -0.0817. The van der Waals surface area contributed by atoms with Crippen LogP contribution < -0.4 is 10.9 Å². The van der Waals surface area contributed by atoms with Gasteiger partial charge in [0.15, 0.2) is 0 Å². The van der Waals surface area contributed by atoms with Crippen LogP contribution in [0.15, 0.2) is 0 Å². The van der Waals surface area contributed by atoms with Gasteiger partial charge in [0.25, 0.3) is 0 Å². The van der Waals surface area contributed by atoms with Gasteiger partial charge in [-0.15, -0.1) is 0 Å². The van der Waals surface area contributed by atoms with Crippen LogP contribution in [0.1, 0.15) is 20.8 Å². The van der Waals surface area contributed by atoms with Gasteiger partial charge in [0, 0.05) is 21.1 Å². The molecule has 0 radical (unpaired) electrons. The largest absolute Gasteiger partial charge is 0.443 e. The Balaban J connectivity index is 0. The summed E-state index contributed by atoms with van der Waals surface area (Å²) in [6.07, 6.45) is -0.525. The second-order valence-electron chi connectivity index (χ2n) is 2.80. The summed E-state index contributed by atoms with van der Waals surface area (Å²) in [7, 11) is 3.19. The standard InChI is InChI=1S/C6H13N2O2.W/c1-6(2,3)10-5(9)8-7-4;/h7H,4H2,1-3H3,(H,8,9);/q-1;. The summed E-state index contributed by atoms with van der Waals surface area (Å²) in [5.74, 6) is 0. The molecule has 0 aromatic heterocycles. The molecule has 0 fully saturated rings. The molecule has 0 aromatic rings. The average molecular weight is 329 g/mol. The van der Waals surface area contributed by atoms with E-state index < -0.39 is 11.7 Å². The average Bonchev–Trinajstić information content (AvgIpc) is 1.59. The zero-order valence-corrected chi connectivity index (χ0v) is 9.87. The van der Waals surface area contributed by atoms with Gasteiger partial charge in [-0.1, -0.05) is 0 Å². The van der Waals surface area contributed by atoms with Crippen molar-refractivity contribution in [2.75, 3.05) is 0 Å². The van der Waals surface area contributed by atoms with E-state index in [0.717, 1.165) is 0 Å². The number of hydrazine groups is 1. The molecule has 0 unspecified atom stereocenters.